The first-order valence-corrected chi connectivity index (χ1v) is 5.77. The lowest BCUT2D eigenvalue weighted by molar-refractivity contribution is 1.06. The van der Waals surface area contributed by atoms with Gasteiger partial charge in [-0.05, 0) is 6.92 Å². The Labute approximate surface area is 102 Å². The molecule has 3 N–H and O–H groups in total. The molecule has 5 nitrogen and oxygen atoms in total. The first-order chi connectivity index (χ1) is 7.66. The number of nitrogens with two attached hydrogens (primary N) is 1. The van der Waals surface area contributed by atoms with E-state index in [-0.39, 0.29) is 5.15 Å². The van der Waals surface area contributed by atoms with Gasteiger partial charge in [0.05, 0.1) is 6.54 Å². The third-order valence-electron chi connectivity index (χ3n) is 1.91. The fraction of sp³-hybridized carbons (Fsp3) is 0.222. The van der Waals surface area contributed by atoms with E-state index in [2.05, 4.69) is 20.3 Å². The van der Waals surface area contributed by atoms with Crippen LogP contribution in [0.1, 0.15) is 9.88 Å². The van der Waals surface area contributed by atoms with Crippen molar-refractivity contribution in [2.75, 3.05) is 11.1 Å². The van der Waals surface area contributed by atoms with Crippen molar-refractivity contribution >= 4 is 34.4 Å². The molecule has 0 bridgehead atoms. The molecule has 16 heavy (non-hydrogen) atoms. The second kappa shape index (κ2) is 4.63. The monoisotopic (exact) mass is 255 g/mol. The lowest BCUT2D eigenvalue weighted by Gasteiger charge is -2.06. The first kappa shape index (κ1) is 11.1. The summed E-state index contributed by atoms with van der Waals surface area (Å²) in [5, 5.41) is 4.31. The number of thiazole rings is 1. The van der Waals surface area contributed by atoms with Gasteiger partial charge in [-0.3, -0.25) is 0 Å². The summed E-state index contributed by atoms with van der Waals surface area (Å²) in [5.41, 5.74) is 6.07. The van der Waals surface area contributed by atoms with Crippen LogP contribution < -0.4 is 11.1 Å². The van der Waals surface area contributed by atoms with Crippen LogP contribution in [0.25, 0.3) is 0 Å². The maximum atomic E-state index is 5.77. The highest BCUT2D eigenvalue weighted by Crippen LogP contribution is 2.22. The first-order valence-electron chi connectivity index (χ1n) is 4.58. The molecule has 0 amide bonds. The molecule has 0 aliphatic heterocycles. The lowest BCUT2D eigenvalue weighted by atomic mass is 10.5. The van der Waals surface area contributed by atoms with Gasteiger partial charge in [0.2, 0.25) is 0 Å². The molecule has 84 valence electrons. The zero-order chi connectivity index (χ0) is 11.5. The van der Waals surface area contributed by atoms with Crippen molar-refractivity contribution in [3.63, 3.8) is 0 Å². The standard InChI is InChI=1S/C9H10ClN5S/c1-5-2-12-6(16-5)3-13-9-7(11)8(10)14-4-15-9/h2,4H,3,11H2,1H3,(H,13,14,15). The predicted molar refractivity (Wildman–Crippen MR) is 65.6 cm³/mol. The Morgan fingerprint density at radius 2 is 2.25 bits per heavy atom. The summed E-state index contributed by atoms with van der Waals surface area (Å²) >= 11 is 7.40. The minimum absolute atomic E-state index is 0.257. The molecule has 0 saturated heterocycles. The van der Waals surface area contributed by atoms with E-state index in [1.54, 1.807) is 11.3 Å². The van der Waals surface area contributed by atoms with Gasteiger partial charge in [0, 0.05) is 11.1 Å². The Balaban J connectivity index is 2.07. The third kappa shape index (κ3) is 2.40. The molecule has 0 fully saturated rings. The molecule has 0 unspecified atom stereocenters. The number of nitrogen functional groups attached to an aromatic ring is 1. The third-order valence-corrected chi connectivity index (χ3v) is 3.13. The van der Waals surface area contributed by atoms with Crippen LogP contribution in [-0.2, 0) is 6.54 Å². The zero-order valence-corrected chi connectivity index (χ0v) is 10.1. The Bertz CT molecular complexity index is 498. The maximum absolute atomic E-state index is 5.77. The number of hydrogen-bond acceptors (Lipinski definition) is 6. The van der Waals surface area contributed by atoms with Crippen molar-refractivity contribution in [2.45, 2.75) is 13.5 Å². The highest BCUT2D eigenvalue weighted by molar-refractivity contribution is 7.11. The smallest absolute Gasteiger partial charge is 0.157 e. The average molecular weight is 256 g/mol. The molecule has 2 rings (SSSR count). The van der Waals surface area contributed by atoms with Crippen molar-refractivity contribution in [2.24, 2.45) is 0 Å². The van der Waals surface area contributed by atoms with Gasteiger partial charge in [0.15, 0.2) is 11.0 Å². The Morgan fingerprint density at radius 1 is 1.44 bits per heavy atom. The summed E-state index contributed by atoms with van der Waals surface area (Å²) in [7, 11) is 0. The minimum atomic E-state index is 0.257. The van der Waals surface area contributed by atoms with Crippen LogP contribution >= 0.6 is 22.9 Å². The van der Waals surface area contributed by atoms with Crippen LogP contribution in [0.5, 0.6) is 0 Å². The van der Waals surface area contributed by atoms with Crippen molar-refractivity contribution < 1.29 is 0 Å². The van der Waals surface area contributed by atoms with Crippen molar-refractivity contribution in [3.05, 3.63) is 27.6 Å². The van der Waals surface area contributed by atoms with Crippen LogP contribution in [0.3, 0.4) is 0 Å². The summed E-state index contributed by atoms with van der Waals surface area (Å²) in [4.78, 5) is 13.2. The number of nitrogens with one attached hydrogen (secondary N) is 1. The summed E-state index contributed by atoms with van der Waals surface area (Å²) in [6.45, 7) is 2.59. The number of hydrogen-bond donors (Lipinski definition) is 2. The van der Waals surface area contributed by atoms with Gasteiger partial charge >= 0.3 is 0 Å². The van der Waals surface area contributed by atoms with Gasteiger partial charge in [-0.1, -0.05) is 11.6 Å². The van der Waals surface area contributed by atoms with E-state index in [0.29, 0.717) is 18.1 Å². The number of aryl methyl sites for hydroxylation is 1. The fourth-order valence-corrected chi connectivity index (χ4v) is 2.02. The van der Waals surface area contributed by atoms with Gasteiger partial charge in [-0.25, -0.2) is 15.0 Å². The van der Waals surface area contributed by atoms with Crippen LogP contribution in [0.15, 0.2) is 12.5 Å². The normalized spacial score (nSPS) is 10.4. The largest absolute Gasteiger partial charge is 0.393 e. The molecule has 2 aromatic heterocycles. The summed E-state index contributed by atoms with van der Waals surface area (Å²) < 4.78 is 0. The Kier molecular flexibility index (Phi) is 3.21. The highest BCUT2D eigenvalue weighted by atomic mass is 35.5. The molecule has 2 aromatic rings. The summed E-state index contributed by atoms with van der Waals surface area (Å²) in [5.74, 6) is 0.535. The van der Waals surface area contributed by atoms with E-state index in [1.807, 2.05) is 13.1 Å². The van der Waals surface area contributed by atoms with E-state index in [4.69, 9.17) is 17.3 Å². The van der Waals surface area contributed by atoms with E-state index < -0.39 is 0 Å². The summed E-state index contributed by atoms with van der Waals surface area (Å²) in [6, 6.07) is 0. The molecule has 0 radical (unpaired) electrons. The van der Waals surface area contributed by atoms with Crippen LogP contribution in [0.4, 0.5) is 11.5 Å². The summed E-state index contributed by atoms with van der Waals surface area (Å²) in [6.07, 6.45) is 3.20. The van der Waals surface area contributed by atoms with Crippen molar-refractivity contribution in [3.8, 4) is 0 Å². The van der Waals surface area contributed by atoms with Gasteiger partial charge in [0.25, 0.3) is 0 Å². The molecule has 0 aromatic carbocycles. The molecule has 0 saturated carbocycles. The van der Waals surface area contributed by atoms with Gasteiger partial charge in [0.1, 0.15) is 17.0 Å². The molecular formula is C9H10ClN5S. The van der Waals surface area contributed by atoms with E-state index in [1.165, 1.54) is 11.2 Å². The second-order valence-electron chi connectivity index (χ2n) is 3.14. The molecule has 0 spiro atoms. The van der Waals surface area contributed by atoms with E-state index >= 15 is 0 Å². The predicted octanol–water partition coefficient (Wildman–Crippen LogP) is 2.09. The van der Waals surface area contributed by atoms with Gasteiger partial charge < -0.3 is 11.1 Å². The molecule has 7 heteroatoms. The maximum Gasteiger partial charge on any atom is 0.157 e. The molecular weight excluding hydrogens is 246 g/mol. The SMILES string of the molecule is Cc1cnc(CNc2ncnc(Cl)c2N)s1. The molecule has 0 aliphatic carbocycles. The van der Waals surface area contributed by atoms with Gasteiger partial charge in [-0.2, -0.15) is 0 Å². The minimum Gasteiger partial charge on any atom is -0.393 e. The number of rotatable bonds is 3. The molecule has 0 aliphatic rings. The van der Waals surface area contributed by atoms with Crippen molar-refractivity contribution in [1.82, 2.24) is 15.0 Å². The highest BCUT2D eigenvalue weighted by Gasteiger charge is 2.06. The number of aromatic nitrogens is 3. The molecule has 2 heterocycles. The number of nitrogens with zero attached hydrogens (tertiary/aromatic N) is 3. The van der Waals surface area contributed by atoms with Crippen molar-refractivity contribution in [1.29, 1.82) is 0 Å². The fourth-order valence-electron chi connectivity index (χ4n) is 1.16. The Morgan fingerprint density at radius 3 is 2.94 bits per heavy atom. The average Bonchev–Trinajstić information content (AvgIpc) is 2.67. The van der Waals surface area contributed by atoms with Crippen LogP contribution in [-0.4, -0.2) is 15.0 Å². The quantitative estimate of drug-likeness (QED) is 0.822. The number of anilines is 2. The van der Waals surface area contributed by atoms with E-state index in [9.17, 15) is 0 Å². The topological polar surface area (TPSA) is 76.7 Å². The molecule has 0 atom stereocenters. The lowest BCUT2D eigenvalue weighted by Crippen LogP contribution is -2.05. The Hall–Kier alpha value is -1.40. The van der Waals surface area contributed by atoms with E-state index in [0.717, 1.165) is 5.01 Å². The zero-order valence-electron chi connectivity index (χ0n) is 8.57. The van der Waals surface area contributed by atoms with Crippen LogP contribution in [0, 0.1) is 6.92 Å². The van der Waals surface area contributed by atoms with Crippen LogP contribution in [0.2, 0.25) is 5.15 Å². The van der Waals surface area contributed by atoms with Gasteiger partial charge in [-0.15, -0.1) is 11.3 Å². The second-order valence-corrected chi connectivity index (χ2v) is 4.82. The number of halogens is 1.